The fraction of sp³-hybridized carbons (Fsp3) is 0.846. The molecule has 106 valence electrons. The van der Waals surface area contributed by atoms with Gasteiger partial charge in [0.15, 0.2) is 0 Å². The molecule has 0 amide bonds. The number of aromatic nitrogens is 3. The van der Waals surface area contributed by atoms with Gasteiger partial charge in [-0.05, 0) is 26.7 Å². The van der Waals surface area contributed by atoms with Gasteiger partial charge in [-0.15, -0.1) is 5.10 Å². The van der Waals surface area contributed by atoms with E-state index in [9.17, 15) is 0 Å². The molecule has 2 aliphatic rings. The van der Waals surface area contributed by atoms with Crippen molar-refractivity contribution in [2.45, 2.75) is 51.3 Å². The van der Waals surface area contributed by atoms with Crippen LogP contribution >= 0.6 is 0 Å². The topological polar surface area (TPSA) is 66.1 Å². The van der Waals surface area contributed by atoms with Crippen LogP contribution in [0.15, 0.2) is 0 Å². The Labute approximate surface area is 113 Å². The second-order valence-electron chi connectivity index (χ2n) is 5.80. The van der Waals surface area contributed by atoms with Crippen LogP contribution in [0.1, 0.15) is 32.5 Å². The number of piperazine rings is 1. The van der Waals surface area contributed by atoms with Crippen LogP contribution in [0.4, 0.5) is 5.95 Å². The molecule has 1 aromatic rings. The van der Waals surface area contributed by atoms with Gasteiger partial charge in [-0.25, -0.2) is 0 Å². The molecule has 3 heterocycles. The predicted molar refractivity (Wildman–Crippen MR) is 73.3 cm³/mol. The van der Waals surface area contributed by atoms with Crippen molar-refractivity contribution in [1.29, 1.82) is 0 Å². The Morgan fingerprint density at radius 2 is 2.11 bits per heavy atom. The number of rotatable bonds is 3. The number of anilines is 1. The van der Waals surface area contributed by atoms with Crippen LogP contribution in [0.2, 0.25) is 0 Å². The van der Waals surface area contributed by atoms with Crippen LogP contribution in [0.25, 0.3) is 0 Å². The van der Waals surface area contributed by atoms with Crippen LogP contribution in [-0.2, 0) is 11.2 Å². The van der Waals surface area contributed by atoms with Gasteiger partial charge < -0.3 is 15.0 Å². The number of nitrogens with zero attached hydrogens (tertiary/aromatic N) is 3. The molecule has 0 radical (unpaired) electrons. The molecule has 2 saturated heterocycles. The molecule has 1 aromatic heterocycles. The summed E-state index contributed by atoms with van der Waals surface area (Å²) in [4.78, 5) is 6.87. The first-order chi connectivity index (χ1) is 9.20. The SMILES string of the molecule is CC1CN(c2n[nH]c(CC3CCCO3)n2)CC(C)N1. The highest BCUT2D eigenvalue weighted by Gasteiger charge is 2.24. The second kappa shape index (κ2) is 5.46. The lowest BCUT2D eigenvalue weighted by Gasteiger charge is -2.35. The van der Waals surface area contributed by atoms with Gasteiger partial charge >= 0.3 is 0 Å². The molecule has 3 unspecified atom stereocenters. The standard InChI is InChI=1S/C13H23N5O/c1-9-7-18(8-10(2)14-9)13-15-12(16-17-13)6-11-4-3-5-19-11/h9-11,14H,3-8H2,1-2H3,(H,15,16,17). The van der Waals surface area contributed by atoms with Gasteiger partial charge in [-0.3, -0.25) is 5.10 Å². The van der Waals surface area contributed by atoms with Gasteiger partial charge in [0.2, 0.25) is 5.95 Å². The molecule has 0 aromatic carbocycles. The maximum Gasteiger partial charge on any atom is 0.244 e. The fourth-order valence-electron chi connectivity index (χ4n) is 3.03. The predicted octanol–water partition coefficient (Wildman–Crippen LogP) is 0.713. The monoisotopic (exact) mass is 265 g/mol. The number of nitrogens with one attached hydrogen (secondary N) is 2. The van der Waals surface area contributed by atoms with E-state index in [1.54, 1.807) is 0 Å². The van der Waals surface area contributed by atoms with Crippen molar-refractivity contribution < 1.29 is 4.74 Å². The van der Waals surface area contributed by atoms with E-state index in [1.165, 1.54) is 6.42 Å². The van der Waals surface area contributed by atoms with Crippen molar-refractivity contribution in [2.75, 3.05) is 24.6 Å². The molecule has 0 saturated carbocycles. The number of hydrogen-bond acceptors (Lipinski definition) is 5. The summed E-state index contributed by atoms with van der Waals surface area (Å²) in [5.41, 5.74) is 0. The third-order valence-electron chi connectivity index (χ3n) is 3.81. The summed E-state index contributed by atoms with van der Waals surface area (Å²) in [5.74, 6) is 1.77. The van der Waals surface area contributed by atoms with E-state index in [0.29, 0.717) is 18.2 Å². The maximum absolute atomic E-state index is 5.63. The number of ether oxygens (including phenoxy) is 1. The Morgan fingerprint density at radius 1 is 1.32 bits per heavy atom. The minimum absolute atomic E-state index is 0.321. The minimum Gasteiger partial charge on any atom is -0.378 e. The minimum atomic E-state index is 0.321. The van der Waals surface area contributed by atoms with Crippen LogP contribution in [0.3, 0.4) is 0 Å². The molecule has 0 spiro atoms. The molecule has 3 rings (SSSR count). The molecule has 2 fully saturated rings. The van der Waals surface area contributed by atoms with Crippen LogP contribution in [0.5, 0.6) is 0 Å². The van der Waals surface area contributed by atoms with Gasteiger partial charge in [0.1, 0.15) is 5.82 Å². The highest BCUT2D eigenvalue weighted by atomic mass is 16.5. The summed E-state index contributed by atoms with van der Waals surface area (Å²) in [7, 11) is 0. The zero-order valence-corrected chi connectivity index (χ0v) is 11.7. The molecule has 0 aliphatic carbocycles. The third-order valence-corrected chi connectivity index (χ3v) is 3.81. The first kappa shape index (κ1) is 12.9. The van der Waals surface area contributed by atoms with Crippen molar-refractivity contribution >= 4 is 5.95 Å². The van der Waals surface area contributed by atoms with Gasteiger partial charge in [-0.1, -0.05) is 0 Å². The molecule has 3 atom stereocenters. The lowest BCUT2D eigenvalue weighted by atomic mass is 10.1. The van der Waals surface area contributed by atoms with E-state index in [0.717, 1.165) is 44.3 Å². The average molecular weight is 265 g/mol. The first-order valence-corrected chi connectivity index (χ1v) is 7.24. The maximum atomic E-state index is 5.63. The van der Waals surface area contributed by atoms with Crippen LogP contribution < -0.4 is 10.2 Å². The normalized spacial score (nSPS) is 31.9. The Balaban J connectivity index is 1.63. The summed E-state index contributed by atoms with van der Waals surface area (Å²) in [6.07, 6.45) is 3.47. The average Bonchev–Trinajstić information content (AvgIpc) is 2.99. The quantitative estimate of drug-likeness (QED) is 0.842. The molecule has 19 heavy (non-hydrogen) atoms. The van der Waals surface area contributed by atoms with Crippen molar-refractivity contribution in [3.05, 3.63) is 5.82 Å². The van der Waals surface area contributed by atoms with E-state index in [2.05, 4.69) is 39.2 Å². The smallest absolute Gasteiger partial charge is 0.244 e. The molecule has 6 nitrogen and oxygen atoms in total. The largest absolute Gasteiger partial charge is 0.378 e. The third kappa shape index (κ3) is 3.06. The summed E-state index contributed by atoms with van der Waals surface area (Å²) in [6.45, 7) is 7.20. The Morgan fingerprint density at radius 3 is 2.79 bits per heavy atom. The molecule has 0 bridgehead atoms. The van der Waals surface area contributed by atoms with E-state index < -0.39 is 0 Å². The summed E-state index contributed by atoms with van der Waals surface area (Å²) >= 11 is 0. The zero-order chi connectivity index (χ0) is 13.2. The summed E-state index contributed by atoms with van der Waals surface area (Å²) in [6, 6.07) is 0.952. The Kier molecular flexibility index (Phi) is 3.70. The van der Waals surface area contributed by atoms with Gasteiger partial charge in [0.05, 0.1) is 6.10 Å². The van der Waals surface area contributed by atoms with E-state index >= 15 is 0 Å². The lowest BCUT2D eigenvalue weighted by Crippen LogP contribution is -2.54. The van der Waals surface area contributed by atoms with E-state index in [4.69, 9.17) is 4.74 Å². The highest BCUT2D eigenvalue weighted by Crippen LogP contribution is 2.17. The van der Waals surface area contributed by atoms with Gasteiger partial charge in [0.25, 0.3) is 0 Å². The fourth-order valence-corrected chi connectivity index (χ4v) is 3.03. The van der Waals surface area contributed by atoms with E-state index in [-0.39, 0.29) is 0 Å². The molecular weight excluding hydrogens is 242 g/mol. The lowest BCUT2D eigenvalue weighted by molar-refractivity contribution is 0.110. The zero-order valence-electron chi connectivity index (χ0n) is 11.7. The van der Waals surface area contributed by atoms with Crippen LogP contribution in [-0.4, -0.2) is 53.1 Å². The number of hydrogen-bond donors (Lipinski definition) is 2. The first-order valence-electron chi connectivity index (χ1n) is 7.24. The van der Waals surface area contributed by atoms with Crippen molar-refractivity contribution in [3.63, 3.8) is 0 Å². The van der Waals surface area contributed by atoms with E-state index in [1.807, 2.05) is 0 Å². The van der Waals surface area contributed by atoms with Crippen molar-refractivity contribution in [2.24, 2.45) is 0 Å². The van der Waals surface area contributed by atoms with Gasteiger partial charge in [0, 0.05) is 38.2 Å². The number of aromatic amines is 1. The molecular formula is C13H23N5O. The summed E-state index contributed by atoms with van der Waals surface area (Å²) < 4.78 is 5.63. The van der Waals surface area contributed by atoms with Crippen molar-refractivity contribution in [1.82, 2.24) is 20.5 Å². The second-order valence-corrected chi connectivity index (χ2v) is 5.80. The highest BCUT2D eigenvalue weighted by molar-refractivity contribution is 5.30. The molecule has 2 N–H and O–H groups in total. The van der Waals surface area contributed by atoms with Crippen LogP contribution in [0, 0.1) is 0 Å². The van der Waals surface area contributed by atoms with Gasteiger partial charge in [-0.2, -0.15) is 4.98 Å². The van der Waals surface area contributed by atoms with Crippen molar-refractivity contribution in [3.8, 4) is 0 Å². The Hall–Kier alpha value is -1.14. The number of H-pyrrole nitrogens is 1. The molecule has 6 heteroatoms. The molecule has 2 aliphatic heterocycles. The summed E-state index contributed by atoms with van der Waals surface area (Å²) in [5, 5.41) is 10.9. The Bertz CT molecular complexity index is 405.